The van der Waals surface area contributed by atoms with Gasteiger partial charge in [-0.25, -0.2) is 13.9 Å². The van der Waals surface area contributed by atoms with Gasteiger partial charge in [-0.2, -0.15) is 5.10 Å². The molecule has 0 saturated carbocycles. The van der Waals surface area contributed by atoms with Gasteiger partial charge in [-0.3, -0.25) is 4.98 Å². The molecule has 3 aromatic heterocycles. The maximum Gasteiger partial charge on any atom is 0.155 e. The Balaban J connectivity index is 1.94. The highest BCUT2D eigenvalue weighted by molar-refractivity contribution is 5.82. The van der Waals surface area contributed by atoms with Gasteiger partial charge < -0.3 is 0 Å². The van der Waals surface area contributed by atoms with E-state index in [9.17, 15) is 4.39 Å². The fourth-order valence-electron chi connectivity index (χ4n) is 2.87. The summed E-state index contributed by atoms with van der Waals surface area (Å²) in [5, 5.41) is 4.19. The van der Waals surface area contributed by atoms with E-state index in [-0.39, 0.29) is 5.82 Å². The molecule has 4 nitrogen and oxygen atoms in total. The van der Waals surface area contributed by atoms with E-state index < -0.39 is 0 Å². The Kier molecular flexibility index (Phi) is 3.34. The summed E-state index contributed by atoms with van der Waals surface area (Å²) in [7, 11) is 0. The molecule has 0 radical (unpaired) electrons. The molecule has 0 aliphatic heterocycles. The summed E-state index contributed by atoms with van der Waals surface area (Å²) < 4.78 is 15.5. The molecular weight excluding hydrogens is 303 g/mol. The number of rotatable bonds is 2. The largest absolute Gasteiger partial charge is 0.256 e. The molecule has 0 aliphatic rings. The summed E-state index contributed by atoms with van der Waals surface area (Å²) in [6, 6.07) is 11.2. The number of nitrogens with zero attached hydrogens (tertiary/aromatic N) is 4. The monoisotopic (exact) mass is 318 g/mol. The highest BCUT2D eigenvalue weighted by Gasteiger charge is 2.13. The van der Waals surface area contributed by atoms with Crippen LogP contribution in [0.5, 0.6) is 0 Å². The normalized spacial score (nSPS) is 11.1. The second kappa shape index (κ2) is 5.53. The number of pyridine rings is 2. The van der Waals surface area contributed by atoms with Crippen molar-refractivity contribution in [2.45, 2.75) is 13.8 Å². The van der Waals surface area contributed by atoms with Crippen LogP contribution in [0.3, 0.4) is 0 Å². The lowest BCUT2D eigenvalue weighted by Gasteiger charge is -2.12. The number of halogens is 1. The van der Waals surface area contributed by atoms with E-state index in [2.05, 4.69) is 15.1 Å². The van der Waals surface area contributed by atoms with Crippen molar-refractivity contribution in [1.29, 1.82) is 0 Å². The average molecular weight is 318 g/mol. The minimum Gasteiger partial charge on any atom is -0.256 e. The van der Waals surface area contributed by atoms with Gasteiger partial charge in [-0.15, -0.1) is 0 Å². The minimum absolute atomic E-state index is 0.197. The number of fused-ring (bicyclic) bond motifs is 1. The van der Waals surface area contributed by atoms with Gasteiger partial charge in [-0.05, 0) is 55.3 Å². The second-order valence-electron chi connectivity index (χ2n) is 5.80. The molecule has 1 aromatic carbocycles. The zero-order valence-corrected chi connectivity index (χ0v) is 13.4. The van der Waals surface area contributed by atoms with E-state index in [1.807, 2.05) is 43.5 Å². The van der Waals surface area contributed by atoms with Crippen molar-refractivity contribution < 1.29 is 4.39 Å². The lowest BCUT2D eigenvalue weighted by Crippen LogP contribution is -1.95. The van der Waals surface area contributed by atoms with Crippen LogP contribution in [0.25, 0.3) is 28.0 Å². The average Bonchev–Trinajstić information content (AvgIpc) is 3.06. The van der Waals surface area contributed by atoms with Gasteiger partial charge in [0, 0.05) is 29.1 Å². The van der Waals surface area contributed by atoms with Crippen LogP contribution in [-0.4, -0.2) is 19.6 Å². The highest BCUT2D eigenvalue weighted by atomic mass is 19.1. The number of benzene rings is 1. The molecule has 0 aliphatic carbocycles. The van der Waals surface area contributed by atoms with Crippen LogP contribution < -0.4 is 0 Å². The van der Waals surface area contributed by atoms with Crippen molar-refractivity contribution in [3.05, 3.63) is 72.1 Å². The highest BCUT2D eigenvalue weighted by Crippen LogP contribution is 2.33. The first-order chi connectivity index (χ1) is 11.6. The molecule has 24 heavy (non-hydrogen) atoms. The molecule has 0 atom stereocenters. The molecule has 0 unspecified atom stereocenters. The van der Waals surface area contributed by atoms with Crippen molar-refractivity contribution in [2.75, 3.05) is 0 Å². The van der Waals surface area contributed by atoms with Crippen molar-refractivity contribution in [1.82, 2.24) is 19.6 Å². The predicted molar refractivity (Wildman–Crippen MR) is 91.1 cm³/mol. The standard InChI is InChI=1S/C19H15FN4/c1-12-9-17(20)13(2)8-16(12)19-15(4-3-7-21-19)14-5-6-18-22-11-23-24(18)10-14/h3-11H,1-2H3. The van der Waals surface area contributed by atoms with Crippen LogP contribution in [0.15, 0.2) is 55.1 Å². The first-order valence-corrected chi connectivity index (χ1v) is 7.65. The summed E-state index contributed by atoms with van der Waals surface area (Å²) >= 11 is 0. The van der Waals surface area contributed by atoms with Gasteiger partial charge in [0.25, 0.3) is 0 Å². The maximum atomic E-state index is 13.8. The summed E-state index contributed by atoms with van der Waals surface area (Å²) in [6.45, 7) is 3.67. The van der Waals surface area contributed by atoms with E-state index in [1.54, 1.807) is 23.7 Å². The molecule has 4 rings (SSSR count). The zero-order chi connectivity index (χ0) is 16.7. The summed E-state index contributed by atoms with van der Waals surface area (Å²) in [6.07, 6.45) is 5.20. The maximum absolute atomic E-state index is 13.8. The van der Waals surface area contributed by atoms with Gasteiger partial charge in [-0.1, -0.05) is 6.07 Å². The number of hydrogen-bond donors (Lipinski definition) is 0. The Hall–Kier alpha value is -3.08. The molecule has 0 fully saturated rings. The Bertz CT molecular complexity index is 1050. The van der Waals surface area contributed by atoms with Crippen LogP contribution in [0, 0.1) is 19.7 Å². The quantitative estimate of drug-likeness (QED) is 0.556. The van der Waals surface area contributed by atoms with E-state index in [1.165, 1.54) is 6.33 Å². The molecule has 0 saturated heterocycles. The minimum atomic E-state index is -0.197. The number of aryl methyl sites for hydroxylation is 2. The Morgan fingerprint density at radius 2 is 1.83 bits per heavy atom. The van der Waals surface area contributed by atoms with Crippen LogP contribution in [0.1, 0.15) is 11.1 Å². The van der Waals surface area contributed by atoms with Gasteiger partial charge >= 0.3 is 0 Å². The van der Waals surface area contributed by atoms with E-state index in [0.717, 1.165) is 33.6 Å². The van der Waals surface area contributed by atoms with Gasteiger partial charge in [0.1, 0.15) is 12.1 Å². The first-order valence-electron chi connectivity index (χ1n) is 7.65. The summed E-state index contributed by atoms with van der Waals surface area (Å²) in [4.78, 5) is 8.72. The third-order valence-electron chi connectivity index (χ3n) is 4.15. The topological polar surface area (TPSA) is 43.1 Å². The Labute approximate surface area is 138 Å². The van der Waals surface area contributed by atoms with E-state index in [4.69, 9.17) is 0 Å². The molecule has 118 valence electrons. The Morgan fingerprint density at radius 3 is 2.71 bits per heavy atom. The van der Waals surface area contributed by atoms with Crippen LogP contribution >= 0.6 is 0 Å². The van der Waals surface area contributed by atoms with Gasteiger partial charge in [0.05, 0.1) is 5.69 Å². The Morgan fingerprint density at radius 1 is 0.958 bits per heavy atom. The van der Waals surface area contributed by atoms with Crippen molar-refractivity contribution >= 4 is 5.65 Å². The van der Waals surface area contributed by atoms with Crippen LogP contribution in [0.4, 0.5) is 4.39 Å². The molecule has 5 heteroatoms. The third-order valence-corrected chi connectivity index (χ3v) is 4.15. The van der Waals surface area contributed by atoms with Crippen molar-refractivity contribution in [3.8, 4) is 22.4 Å². The summed E-state index contributed by atoms with van der Waals surface area (Å²) in [5.74, 6) is -0.197. The number of hydrogen-bond acceptors (Lipinski definition) is 3. The lowest BCUT2D eigenvalue weighted by atomic mass is 9.96. The number of aromatic nitrogens is 4. The SMILES string of the molecule is Cc1cc(-c2ncccc2-c2ccc3ncnn3c2)c(C)cc1F. The molecular formula is C19H15FN4. The van der Waals surface area contributed by atoms with E-state index >= 15 is 0 Å². The smallest absolute Gasteiger partial charge is 0.155 e. The predicted octanol–water partition coefficient (Wildman–Crippen LogP) is 4.21. The molecule has 0 bridgehead atoms. The molecule has 0 amide bonds. The first kappa shape index (κ1) is 14.5. The molecule has 4 aromatic rings. The van der Waals surface area contributed by atoms with Crippen molar-refractivity contribution in [2.24, 2.45) is 0 Å². The van der Waals surface area contributed by atoms with E-state index in [0.29, 0.717) is 5.56 Å². The fraction of sp³-hybridized carbons (Fsp3) is 0.105. The molecule has 0 spiro atoms. The second-order valence-corrected chi connectivity index (χ2v) is 5.80. The third kappa shape index (κ3) is 2.34. The molecule has 3 heterocycles. The zero-order valence-electron chi connectivity index (χ0n) is 13.4. The van der Waals surface area contributed by atoms with Crippen LogP contribution in [0.2, 0.25) is 0 Å². The molecule has 0 N–H and O–H groups in total. The van der Waals surface area contributed by atoms with Crippen molar-refractivity contribution in [3.63, 3.8) is 0 Å². The van der Waals surface area contributed by atoms with Gasteiger partial charge in [0.2, 0.25) is 0 Å². The lowest BCUT2D eigenvalue weighted by molar-refractivity contribution is 0.617. The fourth-order valence-corrected chi connectivity index (χ4v) is 2.87. The van der Waals surface area contributed by atoms with Crippen LogP contribution in [-0.2, 0) is 0 Å². The van der Waals surface area contributed by atoms with Gasteiger partial charge in [0.15, 0.2) is 5.65 Å². The summed E-state index contributed by atoms with van der Waals surface area (Å²) in [5.41, 5.74) is 5.99.